The van der Waals surface area contributed by atoms with Crippen LogP contribution in [0, 0.1) is 0 Å². The highest BCUT2D eigenvalue weighted by Crippen LogP contribution is 2.34. The van der Waals surface area contributed by atoms with Crippen LogP contribution in [0.15, 0.2) is 36.4 Å². The molecular weight excluding hydrogens is 394 g/mol. The summed E-state index contributed by atoms with van der Waals surface area (Å²) in [6.07, 6.45) is 1.89. The van der Waals surface area contributed by atoms with Crippen molar-refractivity contribution < 1.29 is 14.3 Å². The number of carbonyl (C=O) groups is 1. The Kier molecular flexibility index (Phi) is 5.79. The Morgan fingerprint density at radius 2 is 1.71 bits per heavy atom. The summed E-state index contributed by atoms with van der Waals surface area (Å²) in [5.41, 5.74) is 8.71. The number of ether oxygens (including phenoxy) is 2. The van der Waals surface area contributed by atoms with E-state index in [4.69, 9.17) is 20.2 Å². The first-order valence-electron chi connectivity index (χ1n) is 10.3. The van der Waals surface area contributed by atoms with E-state index >= 15 is 0 Å². The van der Waals surface area contributed by atoms with E-state index in [1.807, 2.05) is 30.3 Å². The maximum Gasteiger partial charge on any atom is 0.227 e. The summed E-state index contributed by atoms with van der Waals surface area (Å²) in [5.74, 6) is 2.33. The molecule has 1 aliphatic rings. The average Bonchev–Trinajstić information content (AvgIpc) is 2.79. The topological polar surface area (TPSA) is 103 Å². The molecule has 1 fully saturated rings. The molecule has 0 bridgehead atoms. The van der Waals surface area contributed by atoms with Gasteiger partial charge in [0.25, 0.3) is 0 Å². The first-order valence-corrected chi connectivity index (χ1v) is 10.3. The summed E-state index contributed by atoms with van der Waals surface area (Å²) >= 11 is 0. The van der Waals surface area contributed by atoms with Crippen molar-refractivity contribution >= 4 is 34.1 Å². The van der Waals surface area contributed by atoms with Crippen LogP contribution in [0.3, 0.4) is 0 Å². The Morgan fingerprint density at radius 3 is 2.32 bits per heavy atom. The molecule has 1 aromatic heterocycles. The lowest BCUT2D eigenvalue weighted by molar-refractivity contribution is 0.101. The third kappa shape index (κ3) is 4.33. The minimum absolute atomic E-state index is 0.0746. The smallest absolute Gasteiger partial charge is 0.227 e. The van der Waals surface area contributed by atoms with Gasteiger partial charge in [-0.2, -0.15) is 4.98 Å². The summed E-state index contributed by atoms with van der Waals surface area (Å²) in [4.78, 5) is 22.8. The molecule has 0 unspecified atom stereocenters. The van der Waals surface area contributed by atoms with E-state index in [0.29, 0.717) is 29.3 Å². The van der Waals surface area contributed by atoms with Gasteiger partial charge in [-0.25, -0.2) is 4.98 Å². The molecule has 0 spiro atoms. The molecule has 0 amide bonds. The fourth-order valence-corrected chi connectivity index (χ4v) is 3.87. The summed E-state index contributed by atoms with van der Waals surface area (Å²) in [6, 6.07) is 11.6. The second-order valence-corrected chi connectivity index (χ2v) is 7.67. The standard InChI is InChI=1S/C23H27N5O3/c1-14(29)15-4-6-16(7-5-15)25-17-8-10-28(11-9-17)23-26-19-13-21(31-3)20(30-2)12-18(19)22(24)27-23/h4-7,12-13,17,25H,8-11H2,1-3H3,(H2,24,26,27). The van der Waals surface area contributed by atoms with Gasteiger partial charge in [-0.3, -0.25) is 4.79 Å². The highest BCUT2D eigenvalue weighted by molar-refractivity contribution is 5.94. The van der Waals surface area contributed by atoms with Crippen molar-refractivity contribution in [2.24, 2.45) is 0 Å². The van der Waals surface area contributed by atoms with Gasteiger partial charge in [-0.15, -0.1) is 0 Å². The van der Waals surface area contributed by atoms with Gasteiger partial charge in [-0.05, 0) is 50.1 Å². The monoisotopic (exact) mass is 421 g/mol. The molecule has 1 saturated heterocycles. The third-order valence-electron chi connectivity index (χ3n) is 5.66. The van der Waals surface area contributed by atoms with Gasteiger partial charge in [0.05, 0.1) is 19.7 Å². The molecular formula is C23H27N5O3. The van der Waals surface area contributed by atoms with Crippen molar-refractivity contribution in [3.63, 3.8) is 0 Å². The number of nitrogens with zero attached hydrogens (tertiary/aromatic N) is 3. The minimum Gasteiger partial charge on any atom is -0.493 e. The lowest BCUT2D eigenvalue weighted by Gasteiger charge is -2.33. The van der Waals surface area contributed by atoms with Crippen LogP contribution in [-0.2, 0) is 0 Å². The number of nitrogen functional groups attached to an aromatic ring is 1. The molecule has 8 nitrogen and oxygen atoms in total. The van der Waals surface area contributed by atoms with Crippen molar-refractivity contribution in [2.75, 3.05) is 43.3 Å². The van der Waals surface area contributed by atoms with Gasteiger partial charge in [0, 0.05) is 41.8 Å². The van der Waals surface area contributed by atoms with Crippen molar-refractivity contribution in [1.82, 2.24) is 9.97 Å². The number of Topliss-reactive ketones (excluding diaryl/α,β-unsaturated/α-hetero) is 1. The highest BCUT2D eigenvalue weighted by Gasteiger charge is 2.22. The predicted octanol–water partition coefficient (Wildman–Crippen LogP) is 3.51. The molecule has 0 aliphatic carbocycles. The van der Waals surface area contributed by atoms with Crippen LogP contribution in [0.4, 0.5) is 17.5 Å². The van der Waals surface area contributed by atoms with Gasteiger partial charge in [-0.1, -0.05) is 0 Å². The zero-order valence-corrected chi connectivity index (χ0v) is 18.0. The summed E-state index contributed by atoms with van der Waals surface area (Å²) in [5, 5.41) is 4.30. The fourth-order valence-electron chi connectivity index (χ4n) is 3.87. The lowest BCUT2D eigenvalue weighted by atomic mass is 10.0. The second kappa shape index (κ2) is 8.67. The molecule has 4 rings (SSSR count). The summed E-state index contributed by atoms with van der Waals surface area (Å²) in [7, 11) is 3.19. The number of ketones is 1. The van der Waals surface area contributed by atoms with E-state index in [2.05, 4.69) is 15.2 Å². The van der Waals surface area contributed by atoms with Crippen molar-refractivity contribution in [2.45, 2.75) is 25.8 Å². The van der Waals surface area contributed by atoms with E-state index in [1.54, 1.807) is 27.2 Å². The number of aromatic nitrogens is 2. The molecule has 3 N–H and O–H groups in total. The van der Waals surface area contributed by atoms with Gasteiger partial charge in [0.1, 0.15) is 5.82 Å². The Hall–Kier alpha value is -3.55. The van der Waals surface area contributed by atoms with Crippen LogP contribution in [0.2, 0.25) is 0 Å². The van der Waals surface area contributed by atoms with Crippen LogP contribution in [0.25, 0.3) is 10.9 Å². The largest absolute Gasteiger partial charge is 0.493 e. The maximum atomic E-state index is 11.4. The Balaban J connectivity index is 1.46. The normalized spacial score (nSPS) is 14.5. The molecule has 8 heteroatoms. The number of carbonyl (C=O) groups excluding carboxylic acids is 1. The van der Waals surface area contributed by atoms with E-state index < -0.39 is 0 Å². The molecule has 162 valence electrons. The lowest BCUT2D eigenvalue weighted by Crippen LogP contribution is -2.40. The van der Waals surface area contributed by atoms with Crippen LogP contribution in [0.1, 0.15) is 30.1 Å². The van der Waals surface area contributed by atoms with Crippen LogP contribution >= 0.6 is 0 Å². The first kappa shape index (κ1) is 20.7. The number of rotatable bonds is 6. The number of anilines is 3. The van der Waals surface area contributed by atoms with Crippen molar-refractivity contribution in [3.8, 4) is 11.5 Å². The van der Waals surface area contributed by atoms with Gasteiger partial charge >= 0.3 is 0 Å². The number of nitrogens with two attached hydrogens (primary N) is 1. The van der Waals surface area contributed by atoms with Crippen LogP contribution in [-0.4, -0.2) is 49.1 Å². The first-order chi connectivity index (χ1) is 15.0. The number of benzene rings is 2. The number of nitrogens with one attached hydrogen (secondary N) is 1. The zero-order valence-electron chi connectivity index (χ0n) is 18.0. The van der Waals surface area contributed by atoms with Gasteiger partial charge < -0.3 is 25.4 Å². The van der Waals surface area contributed by atoms with Gasteiger partial charge in [0.15, 0.2) is 17.3 Å². The van der Waals surface area contributed by atoms with Crippen molar-refractivity contribution in [1.29, 1.82) is 0 Å². The van der Waals surface area contributed by atoms with E-state index in [9.17, 15) is 4.79 Å². The average molecular weight is 422 g/mol. The van der Waals surface area contributed by atoms with E-state index in [-0.39, 0.29) is 5.78 Å². The molecule has 3 aromatic rings. The number of hydrogen-bond donors (Lipinski definition) is 2. The maximum absolute atomic E-state index is 11.4. The second-order valence-electron chi connectivity index (χ2n) is 7.67. The Bertz CT molecular complexity index is 1090. The van der Waals surface area contributed by atoms with Crippen molar-refractivity contribution in [3.05, 3.63) is 42.0 Å². The van der Waals surface area contributed by atoms with Gasteiger partial charge in [0.2, 0.25) is 5.95 Å². The van der Waals surface area contributed by atoms with Crippen LogP contribution < -0.4 is 25.4 Å². The van der Waals surface area contributed by atoms with E-state index in [0.717, 1.165) is 48.1 Å². The Labute approximate surface area is 181 Å². The van der Waals surface area contributed by atoms with Crippen LogP contribution in [0.5, 0.6) is 11.5 Å². The summed E-state index contributed by atoms with van der Waals surface area (Å²) in [6.45, 7) is 3.22. The molecule has 0 radical (unpaired) electrons. The summed E-state index contributed by atoms with van der Waals surface area (Å²) < 4.78 is 10.7. The molecule has 0 atom stereocenters. The molecule has 1 aliphatic heterocycles. The number of fused-ring (bicyclic) bond motifs is 1. The molecule has 2 heterocycles. The SMILES string of the molecule is COc1cc2nc(N3CCC(Nc4ccc(C(C)=O)cc4)CC3)nc(N)c2cc1OC. The van der Waals surface area contributed by atoms with E-state index in [1.165, 1.54) is 0 Å². The number of methoxy groups -OCH3 is 2. The number of piperidine rings is 1. The zero-order chi connectivity index (χ0) is 22.0. The number of hydrogen-bond acceptors (Lipinski definition) is 8. The fraction of sp³-hybridized carbons (Fsp3) is 0.348. The predicted molar refractivity (Wildman–Crippen MR) is 122 cm³/mol. The molecule has 0 saturated carbocycles. The Morgan fingerprint density at radius 1 is 1.06 bits per heavy atom. The minimum atomic E-state index is 0.0746. The third-order valence-corrected chi connectivity index (χ3v) is 5.66. The highest BCUT2D eigenvalue weighted by atomic mass is 16.5. The quantitative estimate of drug-likeness (QED) is 0.583. The molecule has 2 aromatic carbocycles. The molecule has 31 heavy (non-hydrogen) atoms.